The van der Waals surface area contributed by atoms with Crippen LogP contribution in [0.4, 0.5) is 5.69 Å². The first-order valence-electron chi connectivity index (χ1n) is 6.68. The Morgan fingerprint density at radius 3 is 2.38 bits per heavy atom. The van der Waals surface area contributed by atoms with Gasteiger partial charge >= 0.3 is 5.97 Å². The van der Waals surface area contributed by atoms with Crippen LogP contribution in [0.3, 0.4) is 0 Å². The van der Waals surface area contributed by atoms with E-state index >= 15 is 0 Å². The fraction of sp³-hybridized carbons (Fsp3) is 0.400. The number of para-hydroxylation sites is 1. The molecule has 1 aromatic rings. The molecular formula is C15H20N2O4. The van der Waals surface area contributed by atoms with E-state index in [0.717, 1.165) is 0 Å². The summed E-state index contributed by atoms with van der Waals surface area (Å²) in [6, 6.07) is 6.68. The molecule has 0 heterocycles. The van der Waals surface area contributed by atoms with Crippen molar-refractivity contribution in [3.8, 4) is 0 Å². The zero-order valence-corrected chi connectivity index (χ0v) is 12.4. The molecule has 0 aromatic heterocycles. The van der Waals surface area contributed by atoms with Crippen molar-refractivity contribution in [2.24, 2.45) is 0 Å². The molecule has 0 fully saturated rings. The smallest absolute Gasteiger partial charge is 0.323 e. The highest BCUT2D eigenvalue weighted by Crippen LogP contribution is 2.15. The van der Waals surface area contributed by atoms with Gasteiger partial charge in [0.05, 0.1) is 12.2 Å². The van der Waals surface area contributed by atoms with Crippen LogP contribution in [0, 0.1) is 0 Å². The number of aliphatic carboxylic acids is 1. The first-order valence-corrected chi connectivity index (χ1v) is 6.68. The van der Waals surface area contributed by atoms with Gasteiger partial charge in [-0.1, -0.05) is 19.1 Å². The maximum Gasteiger partial charge on any atom is 0.323 e. The maximum absolute atomic E-state index is 11.9. The number of carboxylic acids is 1. The number of Topliss-reactive ketones (excluding diaryl/α,β-unsaturated/α-hetero) is 1. The van der Waals surface area contributed by atoms with E-state index in [4.69, 9.17) is 5.11 Å². The van der Waals surface area contributed by atoms with Crippen molar-refractivity contribution in [3.63, 3.8) is 0 Å². The molecule has 0 spiro atoms. The fourth-order valence-corrected chi connectivity index (χ4v) is 1.72. The zero-order chi connectivity index (χ0) is 16.0. The summed E-state index contributed by atoms with van der Waals surface area (Å²) in [7, 11) is 0. The molecule has 0 aliphatic carbocycles. The van der Waals surface area contributed by atoms with Crippen molar-refractivity contribution < 1.29 is 19.5 Å². The predicted octanol–water partition coefficient (Wildman–Crippen LogP) is 1.67. The summed E-state index contributed by atoms with van der Waals surface area (Å²) in [5, 5.41) is 14.4. The van der Waals surface area contributed by atoms with Gasteiger partial charge in [0.15, 0.2) is 5.78 Å². The lowest BCUT2D eigenvalue weighted by Gasteiger charge is -2.24. The maximum atomic E-state index is 11.9. The Bertz CT molecular complexity index is 556. The fourth-order valence-electron chi connectivity index (χ4n) is 1.72. The second-order valence-electron chi connectivity index (χ2n) is 4.99. The molecule has 0 bridgehead atoms. The SMILES string of the molecule is CCC(C)(NCC(=O)Nc1ccccc1C(C)=O)C(=O)O. The number of carbonyl (C=O) groups is 3. The third kappa shape index (κ3) is 4.39. The largest absolute Gasteiger partial charge is 0.480 e. The van der Waals surface area contributed by atoms with Crippen LogP contribution in [0.15, 0.2) is 24.3 Å². The van der Waals surface area contributed by atoms with Gasteiger partial charge in [0.2, 0.25) is 5.91 Å². The normalized spacial score (nSPS) is 13.3. The minimum atomic E-state index is -1.16. The van der Waals surface area contributed by atoms with Crippen molar-refractivity contribution in [3.05, 3.63) is 29.8 Å². The van der Waals surface area contributed by atoms with Gasteiger partial charge < -0.3 is 10.4 Å². The third-order valence-electron chi connectivity index (χ3n) is 3.40. The van der Waals surface area contributed by atoms with Crippen LogP contribution in [-0.4, -0.2) is 34.8 Å². The molecule has 6 nitrogen and oxygen atoms in total. The van der Waals surface area contributed by atoms with Crippen molar-refractivity contribution in [1.82, 2.24) is 5.32 Å². The number of carboxylic acid groups (broad SMARTS) is 1. The van der Waals surface area contributed by atoms with E-state index in [1.165, 1.54) is 13.8 Å². The Morgan fingerprint density at radius 1 is 1.24 bits per heavy atom. The van der Waals surface area contributed by atoms with Gasteiger partial charge in [0, 0.05) is 5.56 Å². The van der Waals surface area contributed by atoms with E-state index < -0.39 is 17.4 Å². The highest BCUT2D eigenvalue weighted by Gasteiger charge is 2.30. The summed E-state index contributed by atoms with van der Waals surface area (Å²) in [5.41, 5.74) is -0.315. The number of anilines is 1. The highest BCUT2D eigenvalue weighted by atomic mass is 16.4. The van der Waals surface area contributed by atoms with E-state index in [1.54, 1.807) is 31.2 Å². The quantitative estimate of drug-likeness (QED) is 0.664. The highest BCUT2D eigenvalue weighted by molar-refractivity contribution is 6.04. The number of nitrogens with one attached hydrogen (secondary N) is 2. The number of rotatable bonds is 7. The summed E-state index contributed by atoms with van der Waals surface area (Å²) in [4.78, 5) is 34.5. The molecule has 1 amide bonds. The van der Waals surface area contributed by atoms with E-state index in [1.807, 2.05) is 0 Å². The van der Waals surface area contributed by atoms with Crippen LogP contribution in [0.1, 0.15) is 37.6 Å². The minimum Gasteiger partial charge on any atom is -0.480 e. The summed E-state index contributed by atoms with van der Waals surface area (Å²) in [5.74, 6) is -1.56. The first-order chi connectivity index (χ1) is 9.80. The number of amides is 1. The Hall–Kier alpha value is -2.21. The topological polar surface area (TPSA) is 95.5 Å². The van der Waals surface area contributed by atoms with E-state index in [9.17, 15) is 14.4 Å². The molecule has 1 atom stereocenters. The van der Waals surface area contributed by atoms with Crippen LogP contribution < -0.4 is 10.6 Å². The lowest BCUT2D eigenvalue weighted by Crippen LogP contribution is -2.51. The van der Waals surface area contributed by atoms with Crippen molar-refractivity contribution in [2.75, 3.05) is 11.9 Å². The Morgan fingerprint density at radius 2 is 1.86 bits per heavy atom. The van der Waals surface area contributed by atoms with Crippen LogP contribution in [-0.2, 0) is 9.59 Å². The second kappa shape index (κ2) is 6.99. The van der Waals surface area contributed by atoms with Gasteiger partial charge in [-0.15, -0.1) is 0 Å². The molecule has 0 aliphatic rings. The molecule has 3 N–H and O–H groups in total. The summed E-state index contributed by atoms with van der Waals surface area (Å²) in [6.45, 7) is 4.51. The van der Waals surface area contributed by atoms with Gasteiger partial charge in [-0.2, -0.15) is 0 Å². The number of benzene rings is 1. The Balaban J connectivity index is 2.71. The predicted molar refractivity (Wildman–Crippen MR) is 79.4 cm³/mol. The second-order valence-corrected chi connectivity index (χ2v) is 4.99. The molecule has 0 saturated heterocycles. The van der Waals surface area contributed by atoms with Crippen LogP contribution in [0.5, 0.6) is 0 Å². The Labute approximate surface area is 123 Å². The molecule has 114 valence electrons. The standard InChI is InChI=1S/C15H20N2O4/c1-4-15(3,14(20)21)16-9-13(19)17-12-8-6-5-7-11(12)10(2)18/h5-8,16H,4,9H2,1-3H3,(H,17,19)(H,20,21). The molecule has 21 heavy (non-hydrogen) atoms. The van der Waals surface area contributed by atoms with Crippen molar-refractivity contribution in [2.45, 2.75) is 32.7 Å². The van der Waals surface area contributed by atoms with Crippen molar-refractivity contribution >= 4 is 23.3 Å². The zero-order valence-electron chi connectivity index (χ0n) is 12.4. The molecule has 1 unspecified atom stereocenters. The monoisotopic (exact) mass is 292 g/mol. The summed E-state index contributed by atoms with van der Waals surface area (Å²) < 4.78 is 0. The van der Waals surface area contributed by atoms with Gasteiger partial charge in [-0.3, -0.25) is 19.7 Å². The van der Waals surface area contributed by atoms with E-state index in [-0.39, 0.29) is 12.3 Å². The first kappa shape index (κ1) is 16.8. The van der Waals surface area contributed by atoms with Gasteiger partial charge in [0.1, 0.15) is 5.54 Å². The number of carbonyl (C=O) groups excluding carboxylic acids is 2. The molecule has 6 heteroatoms. The third-order valence-corrected chi connectivity index (χ3v) is 3.40. The van der Waals surface area contributed by atoms with Gasteiger partial charge in [0.25, 0.3) is 0 Å². The average molecular weight is 292 g/mol. The number of hydrogen-bond acceptors (Lipinski definition) is 4. The van der Waals surface area contributed by atoms with Gasteiger partial charge in [-0.05, 0) is 32.4 Å². The number of ketones is 1. The van der Waals surface area contributed by atoms with E-state index in [0.29, 0.717) is 17.7 Å². The van der Waals surface area contributed by atoms with Crippen LogP contribution >= 0.6 is 0 Å². The minimum absolute atomic E-state index is 0.150. The number of hydrogen-bond donors (Lipinski definition) is 3. The van der Waals surface area contributed by atoms with Crippen LogP contribution in [0.25, 0.3) is 0 Å². The molecular weight excluding hydrogens is 272 g/mol. The molecule has 1 aromatic carbocycles. The summed E-state index contributed by atoms with van der Waals surface area (Å²) >= 11 is 0. The van der Waals surface area contributed by atoms with Crippen LogP contribution in [0.2, 0.25) is 0 Å². The summed E-state index contributed by atoms with van der Waals surface area (Å²) in [6.07, 6.45) is 0.347. The van der Waals surface area contributed by atoms with Gasteiger partial charge in [-0.25, -0.2) is 0 Å². The Kier molecular flexibility index (Phi) is 5.60. The molecule has 0 radical (unpaired) electrons. The molecule has 0 saturated carbocycles. The average Bonchev–Trinajstić information content (AvgIpc) is 2.44. The lowest BCUT2D eigenvalue weighted by molar-refractivity contribution is -0.144. The lowest BCUT2D eigenvalue weighted by atomic mass is 9.99. The molecule has 1 rings (SSSR count). The van der Waals surface area contributed by atoms with Crippen molar-refractivity contribution in [1.29, 1.82) is 0 Å². The van der Waals surface area contributed by atoms with E-state index in [2.05, 4.69) is 10.6 Å². The molecule has 0 aliphatic heterocycles.